The van der Waals surface area contributed by atoms with E-state index < -0.39 is 11.7 Å². The van der Waals surface area contributed by atoms with Crippen molar-refractivity contribution >= 4 is 11.7 Å². The van der Waals surface area contributed by atoms with Crippen molar-refractivity contribution in [3.8, 4) is 0 Å². The maximum Gasteiger partial charge on any atom is 0.289 e. The van der Waals surface area contributed by atoms with Crippen LogP contribution in [0.5, 0.6) is 0 Å². The predicted octanol–water partition coefficient (Wildman–Crippen LogP) is 1.71. The number of nitrogens with zero attached hydrogens (tertiary/aromatic N) is 3. The van der Waals surface area contributed by atoms with Gasteiger partial charge in [0, 0.05) is 10.5 Å². The molecule has 0 saturated heterocycles. The largest absolute Gasteiger partial charge is 0.289 e. The first-order chi connectivity index (χ1) is 6.25. The van der Waals surface area contributed by atoms with E-state index >= 15 is 0 Å². The van der Waals surface area contributed by atoms with Crippen LogP contribution in [0.15, 0.2) is 35.4 Å². The van der Waals surface area contributed by atoms with Gasteiger partial charge in [0.2, 0.25) is 5.78 Å². The van der Waals surface area contributed by atoms with Crippen LogP contribution in [0, 0.1) is 0 Å². The van der Waals surface area contributed by atoms with Crippen LogP contribution in [0.25, 0.3) is 10.4 Å². The van der Waals surface area contributed by atoms with Gasteiger partial charge in [0.15, 0.2) is 0 Å². The number of Topliss-reactive ketones (excluding diaryl/α,β-unsaturated/α-hetero) is 1. The fourth-order valence-electron chi connectivity index (χ4n) is 0.799. The highest BCUT2D eigenvalue weighted by Gasteiger charge is 2.12. The third-order valence-electron chi connectivity index (χ3n) is 1.37. The fraction of sp³-hybridized carbons (Fsp3) is 0. The van der Waals surface area contributed by atoms with Gasteiger partial charge in [-0.15, -0.1) is 0 Å². The number of carbonyl (C=O) groups excluding carboxylic acids is 2. The average molecular weight is 175 g/mol. The van der Waals surface area contributed by atoms with Gasteiger partial charge >= 0.3 is 0 Å². The first-order valence-electron chi connectivity index (χ1n) is 3.44. The van der Waals surface area contributed by atoms with Gasteiger partial charge in [0.05, 0.1) is 0 Å². The van der Waals surface area contributed by atoms with E-state index in [0.29, 0.717) is 0 Å². The number of rotatable bonds is 2. The average Bonchev–Trinajstić information content (AvgIpc) is 2.18. The van der Waals surface area contributed by atoms with Crippen LogP contribution < -0.4 is 0 Å². The maximum atomic E-state index is 11.1. The number of hydrogen-bond acceptors (Lipinski definition) is 2. The molecule has 1 aromatic carbocycles. The lowest BCUT2D eigenvalue weighted by Gasteiger charge is -1.93. The molecule has 64 valence electrons. The van der Waals surface area contributed by atoms with Crippen LogP contribution in [0.1, 0.15) is 10.4 Å². The van der Waals surface area contributed by atoms with Gasteiger partial charge in [0.25, 0.3) is 5.91 Å². The van der Waals surface area contributed by atoms with Crippen molar-refractivity contribution in [3.05, 3.63) is 46.3 Å². The summed E-state index contributed by atoms with van der Waals surface area (Å²) < 4.78 is 0. The Balaban J connectivity index is 2.92. The van der Waals surface area contributed by atoms with Gasteiger partial charge in [-0.2, -0.15) is 0 Å². The summed E-state index contributed by atoms with van der Waals surface area (Å²) in [5, 5.41) is 2.69. The van der Waals surface area contributed by atoms with E-state index in [2.05, 4.69) is 10.0 Å². The van der Waals surface area contributed by atoms with Crippen LogP contribution in [0.3, 0.4) is 0 Å². The second-order valence-corrected chi connectivity index (χ2v) is 2.19. The SMILES string of the molecule is [N-]=[N+]=NC(=O)C(=O)c1ccccc1. The van der Waals surface area contributed by atoms with Gasteiger partial charge in [-0.05, 0) is 10.6 Å². The topological polar surface area (TPSA) is 82.9 Å². The molecule has 0 radical (unpaired) electrons. The maximum absolute atomic E-state index is 11.1. The van der Waals surface area contributed by atoms with Crippen molar-refractivity contribution in [1.29, 1.82) is 0 Å². The summed E-state index contributed by atoms with van der Waals surface area (Å²) in [5.74, 6) is -1.88. The smallest absolute Gasteiger partial charge is 0.285 e. The molecular weight excluding hydrogens is 170 g/mol. The molecule has 0 bridgehead atoms. The summed E-state index contributed by atoms with van der Waals surface area (Å²) >= 11 is 0. The highest BCUT2D eigenvalue weighted by molar-refractivity contribution is 6.43. The predicted molar refractivity (Wildman–Crippen MR) is 44.9 cm³/mol. The van der Waals surface area contributed by atoms with E-state index in [4.69, 9.17) is 5.53 Å². The van der Waals surface area contributed by atoms with Crippen LogP contribution in [-0.4, -0.2) is 11.7 Å². The fourth-order valence-corrected chi connectivity index (χ4v) is 0.799. The molecule has 0 aliphatic rings. The quantitative estimate of drug-likeness (QED) is 0.225. The molecular formula is C8H5N3O2. The molecule has 1 amide bonds. The van der Waals surface area contributed by atoms with Crippen molar-refractivity contribution in [1.82, 2.24) is 0 Å². The lowest BCUT2D eigenvalue weighted by Crippen LogP contribution is -2.10. The third-order valence-corrected chi connectivity index (χ3v) is 1.37. The van der Waals surface area contributed by atoms with Gasteiger partial charge in [-0.25, -0.2) is 0 Å². The molecule has 0 atom stereocenters. The molecule has 0 fully saturated rings. The highest BCUT2D eigenvalue weighted by Crippen LogP contribution is 2.00. The van der Waals surface area contributed by atoms with Gasteiger partial charge in [-0.3, -0.25) is 9.59 Å². The molecule has 0 N–H and O–H groups in total. The Hall–Kier alpha value is -2.13. The van der Waals surface area contributed by atoms with Crippen molar-refractivity contribution in [2.24, 2.45) is 5.11 Å². The molecule has 0 aliphatic heterocycles. The standard InChI is InChI=1S/C8H5N3O2/c9-11-10-8(13)7(12)6-4-2-1-3-5-6/h1-5H. The Kier molecular flexibility index (Phi) is 2.78. The Labute approximate surface area is 73.6 Å². The molecule has 13 heavy (non-hydrogen) atoms. The van der Waals surface area contributed by atoms with E-state index in [1.165, 1.54) is 12.1 Å². The molecule has 1 rings (SSSR count). The summed E-state index contributed by atoms with van der Waals surface area (Å²) in [4.78, 5) is 24.1. The van der Waals surface area contributed by atoms with Crippen molar-refractivity contribution in [2.45, 2.75) is 0 Å². The zero-order valence-electron chi connectivity index (χ0n) is 6.54. The molecule has 0 aliphatic carbocycles. The number of benzene rings is 1. The first kappa shape index (κ1) is 8.96. The van der Waals surface area contributed by atoms with Gasteiger partial charge < -0.3 is 0 Å². The van der Waals surface area contributed by atoms with E-state index in [1.807, 2.05) is 0 Å². The second kappa shape index (κ2) is 4.04. The van der Waals surface area contributed by atoms with Crippen LogP contribution in [-0.2, 0) is 4.79 Å². The lowest BCUT2D eigenvalue weighted by atomic mass is 10.1. The first-order valence-corrected chi connectivity index (χ1v) is 3.44. The zero-order valence-corrected chi connectivity index (χ0v) is 6.54. The molecule has 0 saturated carbocycles. The van der Waals surface area contributed by atoms with Crippen molar-refractivity contribution in [3.63, 3.8) is 0 Å². The number of hydrogen-bond donors (Lipinski definition) is 0. The lowest BCUT2D eigenvalue weighted by molar-refractivity contribution is -0.114. The Morgan fingerprint density at radius 3 is 2.38 bits per heavy atom. The van der Waals surface area contributed by atoms with Gasteiger partial charge in [-0.1, -0.05) is 30.3 Å². The monoisotopic (exact) mass is 175 g/mol. The molecule has 0 aromatic heterocycles. The Bertz CT molecular complexity index is 380. The summed E-state index contributed by atoms with van der Waals surface area (Å²) in [6.07, 6.45) is 0. The van der Waals surface area contributed by atoms with Crippen LogP contribution in [0.4, 0.5) is 0 Å². The molecule has 1 aromatic rings. The Morgan fingerprint density at radius 1 is 1.23 bits per heavy atom. The number of amides is 1. The number of carbonyl (C=O) groups is 2. The highest BCUT2D eigenvalue weighted by atomic mass is 16.2. The minimum Gasteiger partial charge on any atom is -0.285 e. The molecule has 0 heterocycles. The zero-order chi connectivity index (χ0) is 9.68. The summed E-state index contributed by atoms with van der Waals surface area (Å²) in [6, 6.07) is 7.92. The van der Waals surface area contributed by atoms with E-state index in [-0.39, 0.29) is 5.56 Å². The second-order valence-electron chi connectivity index (χ2n) is 2.19. The summed E-state index contributed by atoms with van der Waals surface area (Å²) in [5.41, 5.74) is 8.14. The third kappa shape index (κ3) is 2.15. The minimum atomic E-state index is -1.09. The van der Waals surface area contributed by atoms with E-state index in [0.717, 1.165) is 0 Å². The van der Waals surface area contributed by atoms with Crippen molar-refractivity contribution < 1.29 is 9.59 Å². The van der Waals surface area contributed by atoms with Crippen LogP contribution >= 0.6 is 0 Å². The molecule has 0 unspecified atom stereocenters. The van der Waals surface area contributed by atoms with E-state index in [1.54, 1.807) is 18.2 Å². The molecule has 0 spiro atoms. The number of ketones is 1. The van der Waals surface area contributed by atoms with Crippen LogP contribution in [0.2, 0.25) is 0 Å². The Morgan fingerprint density at radius 2 is 1.85 bits per heavy atom. The molecule has 5 nitrogen and oxygen atoms in total. The van der Waals surface area contributed by atoms with Gasteiger partial charge in [0.1, 0.15) is 0 Å². The number of azide groups is 1. The van der Waals surface area contributed by atoms with Crippen molar-refractivity contribution in [2.75, 3.05) is 0 Å². The normalized spacial score (nSPS) is 8.62. The van der Waals surface area contributed by atoms with E-state index in [9.17, 15) is 9.59 Å². The minimum absolute atomic E-state index is 0.222. The summed E-state index contributed by atoms with van der Waals surface area (Å²) in [6.45, 7) is 0. The molecule has 5 heteroatoms. The summed E-state index contributed by atoms with van der Waals surface area (Å²) in [7, 11) is 0.